The highest BCUT2D eigenvalue weighted by atomic mass is 35.5. The van der Waals surface area contributed by atoms with Gasteiger partial charge in [0.2, 0.25) is 5.95 Å². The molecule has 1 fully saturated rings. The van der Waals surface area contributed by atoms with Crippen molar-refractivity contribution in [3.8, 4) is 0 Å². The molecule has 172 valence electrons. The predicted molar refractivity (Wildman–Crippen MR) is 131 cm³/mol. The molecule has 0 radical (unpaired) electrons. The second-order valence-corrected chi connectivity index (χ2v) is 8.56. The molecule has 0 spiro atoms. The van der Waals surface area contributed by atoms with Crippen LogP contribution in [0.5, 0.6) is 0 Å². The summed E-state index contributed by atoms with van der Waals surface area (Å²) < 4.78 is 0. The van der Waals surface area contributed by atoms with Gasteiger partial charge in [-0.15, -0.1) is 0 Å². The molecule has 2 aromatic heterocycles. The van der Waals surface area contributed by atoms with E-state index < -0.39 is 5.91 Å². The third-order valence-corrected chi connectivity index (χ3v) is 5.90. The fraction of sp³-hybridized carbons (Fsp3) is 0.304. The zero-order chi connectivity index (χ0) is 23.4. The molecule has 0 aliphatic carbocycles. The van der Waals surface area contributed by atoms with Crippen molar-refractivity contribution in [1.29, 1.82) is 0 Å². The number of carbonyl (C=O) groups is 1. The van der Waals surface area contributed by atoms with Crippen LogP contribution in [0.15, 0.2) is 42.6 Å². The minimum Gasteiger partial charge on any atom is -0.391 e. The zero-order valence-corrected chi connectivity index (χ0v) is 19.6. The van der Waals surface area contributed by atoms with E-state index >= 15 is 0 Å². The number of rotatable bonds is 6. The lowest BCUT2D eigenvalue weighted by atomic mass is 10.1. The standard InChI is InChI=1S/C23H24Cl2N6O2/c1-2-14-11-20(30-23(28-14)31-10-4-5-16(32)13-31)29-19-12-15(8-9-26-19)27-22(33)21-17(24)6-3-7-18(21)25/h3,6-9,11-12,16,32H,2,4-5,10,13H2,1H3,(H2,26,27,28,29,30,33)/t16-/m1/s1. The Morgan fingerprint density at radius 2 is 1.97 bits per heavy atom. The summed E-state index contributed by atoms with van der Waals surface area (Å²) >= 11 is 12.3. The first kappa shape index (κ1) is 23.2. The quantitative estimate of drug-likeness (QED) is 0.463. The van der Waals surface area contributed by atoms with Crippen LogP contribution in [0.3, 0.4) is 0 Å². The van der Waals surface area contributed by atoms with Gasteiger partial charge in [-0.1, -0.05) is 36.2 Å². The summed E-state index contributed by atoms with van der Waals surface area (Å²) in [5.41, 5.74) is 1.61. The summed E-state index contributed by atoms with van der Waals surface area (Å²) in [6, 6.07) is 10.1. The molecule has 1 saturated heterocycles. The molecular formula is C23H24Cl2N6O2. The Hall–Kier alpha value is -2.94. The van der Waals surface area contributed by atoms with Crippen molar-refractivity contribution in [1.82, 2.24) is 15.0 Å². The van der Waals surface area contributed by atoms with E-state index in [9.17, 15) is 9.90 Å². The number of nitrogens with zero attached hydrogens (tertiary/aromatic N) is 4. The Labute approximate surface area is 202 Å². The number of benzene rings is 1. The third-order valence-electron chi connectivity index (χ3n) is 5.27. The molecule has 0 saturated carbocycles. The lowest BCUT2D eigenvalue weighted by Crippen LogP contribution is -2.39. The fourth-order valence-corrected chi connectivity index (χ4v) is 4.19. The number of hydrogen-bond donors (Lipinski definition) is 3. The Morgan fingerprint density at radius 1 is 1.18 bits per heavy atom. The molecular weight excluding hydrogens is 463 g/mol. The molecule has 1 atom stereocenters. The predicted octanol–water partition coefficient (Wildman–Crippen LogP) is 4.70. The first-order chi connectivity index (χ1) is 15.9. The molecule has 8 nitrogen and oxygen atoms in total. The lowest BCUT2D eigenvalue weighted by molar-refractivity contribution is 0.102. The Kier molecular flexibility index (Phi) is 7.27. The molecule has 33 heavy (non-hydrogen) atoms. The van der Waals surface area contributed by atoms with E-state index in [1.54, 1.807) is 36.5 Å². The highest BCUT2D eigenvalue weighted by molar-refractivity contribution is 6.40. The van der Waals surface area contributed by atoms with Gasteiger partial charge in [0.25, 0.3) is 5.91 Å². The summed E-state index contributed by atoms with van der Waals surface area (Å²) in [7, 11) is 0. The van der Waals surface area contributed by atoms with Crippen LogP contribution >= 0.6 is 23.2 Å². The molecule has 3 heterocycles. The van der Waals surface area contributed by atoms with Crippen LogP contribution in [0, 0.1) is 0 Å². The van der Waals surface area contributed by atoms with Gasteiger partial charge < -0.3 is 20.6 Å². The van der Waals surface area contributed by atoms with Crippen LogP contribution in [-0.2, 0) is 6.42 Å². The molecule has 1 aromatic carbocycles. The third kappa shape index (κ3) is 5.71. The van der Waals surface area contributed by atoms with Gasteiger partial charge in [-0.25, -0.2) is 9.97 Å². The topological polar surface area (TPSA) is 103 Å². The molecule has 1 aliphatic heterocycles. The van der Waals surface area contributed by atoms with Gasteiger partial charge in [0.1, 0.15) is 11.6 Å². The van der Waals surface area contributed by atoms with Crippen LogP contribution in [0.4, 0.5) is 23.3 Å². The summed E-state index contributed by atoms with van der Waals surface area (Å²) in [6.07, 6.45) is 3.62. The number of halogens is 2. The lowest BCUT2D eigenvalue weighted by Gasteiger charge is -2.30. The Morgan fingerprint density at radius 3 is 2.70 bits per heavy atom. The van der Waals surface area contributed by atoms with Crippen LogP contribution in [-0.4, -0.2) is 45.2 Å². The average Bonchev–Trinajstić information content (AvgIpc) is 2.79. The maximum absolute atomic E-state index is 12.7. The van der Waals surface area contributed by atoms with Crippen molar-refractivity contribution in [3.63, 3.8) is 0 Å². The van der Waals surface area contributed by atoms with Gasteiger partial charge in [0.15, 0.2) is 0 Å². The van der Waals surface area contributed by atoms with E-state index in [1.807, 2.05) is 17.9 Å². The maximum atomic E-state index is 12.7. The summed E-state index contributed by atoms with van der Waals surface area (Å²) in [5, 5.41) is 16.6. The van der Waals surface area contributed by atoms with Crippen molar-refractivity contribution >= 4 is 52.4 Å². The highest BCUT2D eigenvalue weighted by Crippen LogP contribution is 2.26. The summed E-state index contributed by atoms with van der Waals surface area (Å²) in [6.45, 7) is 3.33. The van der Waals surface area contributed by atoms with Crippen LogP contribution < -0.4 is 15.5 Å². The van der Waals surface area contributed by atoms with Gasteiger partial charge in [0.05, 0.1) is 21.7 Å². The van der Waals surface area contributed by atoms with Crippen molar-refractivity contribution < 1.29 is 9.90 Å². The Balaban J connectivity index is 1.53. The molecule has 4 rings (SSSR count). The number of aliphatic hydroxyl groups excluding tert-OH is 1. The number of anilines is 4. The van der Waals surface area contributed by atoms with Crippen LogP contribution in [0.1, 0.15) is 35.8 Å². The minimum absolute atomic E-state index is 0.212. The van der Waals surface area contributed by atoms with E-state index in [0.717, 1.165) is 31.5 Å². The molecule has 3 N–H and O–H groups in total. The first-order valence-electron chi connectivity index (χ1n) is 10.7. The SMILES string of the molecule is CCc1cc(Nc2cc(NC(=O)c3c(Cl)cccc3Cl)ccn2)nc(N2CCC[C@@H](O)C2)n1. The van der Waals surface area contributed by atoms with Crippen LogP contribution in [0.2, 0.25) is 10.0 Å². The number of amides is 1. The van der Waals surface area contributed by atoms with E-state index in [4.69, 9.17) is 23.2 Å². The zero-order valence-electron chi connectivity index (χ0n) is 18.1. The monoisotopic (exact) mass is 486 g/mol. The molecule has 0 bridgehead atoms. The maximum Gasteiger partial charge on any atom is 0.258 e. The van der Waals surface area contributed by atoms with Crippen molar-refractivity contribution in [3.05, 3.63) is 63.9 Å². The second kappa shape index (κ2) is 10.3. The van der Waals surface area contributed by atoms with E-state index in [0.29, 0.717) is 29.8 Å². The van der Waals surface area contributed by atoms with Crippen molar-refractivity contribution in [2.75, 3.05) is 28.6 Å². The fourth-order valence-electron chi connectivity index (χ4n) is 3.62. The summed E-state index contributed by atoms with van der Waals surface area (Å²) in [5.74, 6) is 1.25. The number of aryl methyl sites for hydroxylation is 1. The van der Waals surface area contributed by atoms with E-state index in [2.05, 4.69) is 25.6 Å². The van der Waals surface area contributed by atoms with E-state index in [-0.39, 0.29) is 21.7 Å². The van der Waals surface area contributed by atoms with Crippen LogP contribution in [0.25, 0.3) is 0 Å². The second-order valence-electron chi connectivity index (χ2n) is 7.75. The first-order valence-corrected chi connectivity index (χ1v) is 11.5. The normalized spacial score (nSPS) is 15.9. The molecule has 3 aromatic rings. The Bertz CT molecular complexity index is 1140. The van der Waals surface area contributed by atoms with Gasteiger partial charge in [-0.2, -0.15) is 4.98 Å². The number of nitrogens with one attached hydrogen (secondary N) is 2. The van der Waals surface area contributed by atoms with Gasteiger partial charge >= 0.3 is 0 Å². The average molecular weight is 487 g/mol. The van der Waals surface area contributed by atoms with Crippen molar-refractivity contribution in [2.24, 2.45) is 0 Å². The number of pyridine rings is 1. The molecule has 0 unspecified atom stereocenters. The molecule has 10 heteroatoms. The number of β-amino-alcohol motifs (C(OH)–C–C–N with tert-alkyl or cyclic N) is 1. The number of carbonyl (C=O) groups excluding carboxylic acids is 1. The molecule has 1 aliphatic rings. The number of hydrogen-bond acceptors (Lipinski definition) is 7. The molecule has 1 amide bonds. The highest BCUT2D eigenvalue weighted by Gasteiger charge is 2.21. The van der Waals surface area contributed by atoms with Gasteiger partial charge in [-0.3, -0.25) is 4.79 Å². The number of piperidine rings is 1. The minimum atomic E-state index is -0.413. The number of aliphatic hydroxyl groups is 1. The van der Waals surface area contributed by atoms with Crippen molar-refractivity contribution in [2.45, 2.75) is 32.3 Å². The number of aromatic nitrogens is 3. The van der Waals surface area contributed by atoms with E-state index in [1.165, 1.54) is 0 Å². The largest absolute Gasteiger partial charge is 0.391 e. The smallest absolute Gasteiger partial charge is 0.258 e. The van der Waals surface area contributed by atoms with Gasteiger partial charge in [0, 0.05) is 42.8 Å². The van der Waals surface area contributed by atoms with Gasteiger partial charge in [-0.05, 0) is 37.5 Å². The summed E-state index contributed by atoms with van der Waals surface area (Å²) in [4.78, 5) is 28.3.